The molecule has 0 unspecified atom stereocenters. The number of thiazole rings is 1. The van der Waals surface area contributed by atoms with Crippen molar-refractivity contribution in [2.75, 3.05) is 16.2 Å². The highest BCUT2D eigenvalue weighted by molar-refractivity contribution is 7.93. The highest BCUT2D eigenvalue weighted by atomic mass is 32.2. The van der Waals surface area contributed by atoms with Crippen molar-refractivity contribution in [1.29, 1.82) is 0 Å². The Balaban J connectivity index is 1.41. The first-order valence-corrected chi connectivity index (χ1v) is 11.6. The fourth-order valence-corrected chi connectivity index (χ4v) is 6.00. The molecule has 0 atom stereocenters. The fraction of sp³-hybridized carbons (Fsp3) is 0.0909. The van der Waals surface area contributed by atoms with Gasteiger partial charge in [-0.3, -0.25) is 9.10 Å². The number of rotatable bonds is 4. The first-order chi connectivity index (χ1) is 14.4. The van der Waals surface area contributed by atoms with Gasteiger partial charge in [-0.25, -0.2) is 13.4 Å². The number of sulfonamides is 1. The van der Waals surface area contributed by atoms with E-state index >= 15 is 0 Å². The van der Waals surface area contributed by atoms with Crippen molar-refractivity contribution in [3.05, 3.63) is 71.1 Å². The molecule has 0 aliphatic carbocycles. The van der Waals surface area contributed by atoms with Crippen molar-refractivity contribution in [1.82, 2.24) is 4.98 Å². The number of aryl methyl sites for hydroxylation is 1. The van der Waals surface area contributed by atoms with Gasteiger partial charge in [0.05, 0.1) is 21.3 Å². The van der Waals surface area contributed by atoms with Crippen LogP contribution in [-0.4, -0.2) is 25.9 Å². The van der Waals surface area contributed by atoms with E-state index in [2.05, 4.69) is 10.3 Å². The maximum absolute atomic E-state index is 13.0. The molecule has 1 amide bonds. The van der Waals surface area contributed by atoms with E-state index in [9.17, 15) is 13.2 Å². The second kappa shape index (κ2) is 6.93. The Morgan fingerprint density at radius 1 is 1.10 bits per heavy atom. The minimum Gasteiger partial charge on any atom is -0.324 e. The largest absolute Gasteiger partial charge is 0.324 e. The van der Waals surface area contributed by atoms with Crippen molar-refractivity contribution in [3.63, 3.8) is 0 Å². The summed E-state index contributed by atoms with van der Waals surface area (Å²) in [7, 11) is -3.77. The van der Waals surface area contributed by atoms with Gasteiger partial charge in [-0.15, -0.1) is 11.3 Å². The van der Waals surface area contributed by atoms with E-state index < -0.39 is 15.9 Å². The van der Waals surface area contributed by atoms with Crippen molar-refractivity contribution in [2.45, 2.75) is 11.8 Å². The molecule has 4 aromatic rings. The highest BCUT2D eigenvalue weighted by Crippen LogP contribution is 2.41. The molecule has 3 aromatic carbocycles. The van der Waals surface area contributed by atoms with E-state index in [1.807, 2.05) is 42.6 Å². The smallest absolute Gasteiger partial charge is 0.265 e. The number of benzene rings is 3. The molecule has 0 fully saturated rings. The quantitative estimate of drug-likeness (QED) is 0.515. The Morgan fingerprint density at radius 3 is 2.63 bits per heavy atom. The first kappa shape index (κ1) is 18.8. The van der Waals surface area contributed by atoms with Crippen LogP contribution in [0.3, 0.4) is 0 Å². The molecule has 1 aliphatic rings. The predicted molar refractivity (Wildman–Crippen MR) is 119 cm³/mol. The van der Waals surface area contributed by atoms with Gasteiger partial charge in [-0.1, -0.05) is 36.4 Å². The third kappa shape index (κ3) is 3.05. The van der Waals surface area contributed by atoms with Gasteiger partial charge >= 0.3 is 0 Å². The van der Waals surface area contributed by atoms with Crippen LogP contribution in [0.2, 0.25) is 0 Å². The standard InChI is InChI=1S/C22H17N3O3S2/c1-14-23-18(13-29-14)16-7-2-8-17(11-16)24-21(26)12-25-19-9-3-5-15-6-4-10-20(22(15)19)30(25,27)28/h2-11,13H,12H2,1H3,(H,24,26). The van der Waals surface area contributed by atoms with Crippen molar-refractivity contribution < 1.29 is 13.2 Å². The summed E-state index contributed by atoms with van der Waals surface area (Å²) in [6.45, 7) is 1.64. The summed E-state index contributed by atoms with van der Waals surface area (Å²) < 4.78 is 27.2. The van der Waals surface area contributed by atoms with Crippen LogP contribution in [0.5, 0.6) is 0 Å². The van der Waals surface area contributed by atoms with Crippen molar-refractivity contribution in [2.24, 2.45) is 0 Å². The summed E-state index contributed by atoms with van der Waals surface area (Å²) >= 11 is 1.56. The van der Waals surface area contributed by atoms with Gasteiger partial charge in [-0.05, 0) is 36.6 Å². The first-order valence-electron chi connectivity index (χ1n) is 9.30. The molecule has 8 heteroatoms. The van der Waals surface area contributed by atoms with E-state index in [4.69, 9.17) is 0 Å². The Hall–Kier alpha value is -3.23. The number of hydrogen-bond donors (Lipinski definition) is 1. The van der Waals surface area contributed by atoms with Gasteiger partial charge in [0.25, 0.3) is 10.0 Å². The van der Waals surface area contributed by atoms with E-state index in [-0.39, 0.29) is 11.4 Å². The molecule has 1 N–H and O–H groups in total. The lowest BCUT2D eigenvalue weighted by Gasteiger charge is -2.18. The number of anilines is 2. The summed E-state index contributed by atoms with van der Waals surface area (Å²) in [6, 6.07) is 17.9. The van der Waals surface area contributed by atoms with Crippen LogP contribution in [0, 0.1) is 6.92 Å². The predicted octanol–water partition coefficient (Wildman–Crippen LogP) is 4.42. The summed E-state index contributed by atoms with van der Waals surface area (Å²) in [5, 5.41) is 7.24. The SMILES string of the molecule is Cc1nc(-c2cccc(NC(=O)CN3c4cccc5cccc(c45)S3(=O)=O)c2)cs1. The zero-order valence-corrected chi connectivity index (χ0v) is 17.6. The maximum Gasteiger partial charge on any atom is 0.265 e. The molecule has 0 saturated carbocycles. The van der Waals surface area contributed by atoms with Crippen LogP contribution in [-0.2, 0) is 14.8 Å². The molecule has 30 heavy (non-hydrogen) atoms. The summed E-state index contributed by atoms with van der Waals surface area (Å²) in [6.07, 6.45) is 0. The Morgan fingerprint density at radius 2 is 1.87 bits per heavy atom. The van der Waals surface area contributed by atoms with Crippen LogP contribution in [0.4, 0.5) is 11.4 Å². The Labute approximate surface area is 177 Å². The molecule has 1 aliphatic heterocycles. The zero-order chi connectivity index (χ0) is 20.9. The van der Waals surface area contributed by atoms with Crippen molar-refractivity contribution >= 4 is 49.4 Å². The lowest BCUT2D eigenvalue weighted by molar-refractivity contribution is -0.114. The Bertz CT molecular complexity index is 1400. The maximum atomic E-state index is 13.0. The van der Waals surface area contributed by atoms with Crippen LogP contribution in [0.1, 0.15) is 5.01 Å². The van der Waals surface area contributed by atoms with Gasteiger partial charge in [0.2, 0.25) is 5.91 Å². The number of hydrogen-bond acceptors (Lipinski definition) is 5. The average Bonchev–Trinajstić information content (AvgIpc) is 3.25. The van der Waals surface area contributed by atoms with E-state index in [0.717, 1.165) is 21.7 Å². The van der Waals surface area contributed by atoms with Crippen LogP contribution < -0.4 is 9.62 Å². The molecule has 0 spiro atoms. The van der Waals surface area contributed by atoms with Gasteiger partial charge in [-0.2, -0.15) is 0 Å². The average molecular weight is 436 g/mol. The zero-order valence-electron chi connectivity index (χ0n) is 16.0. The van der Waals surface area contributed by atoms with Crippen LogP contribution in [0.15, 0.2) is 70.9 Å². The third-order valence-corrected chi connectivity index (χ3v) is 7.61. The van der Waals surface area contributed by atoms with Gasteiger partial charge in [0, 0.05) is 22.0 Å². The number of carbonyl (C=O) groups is 1. The fourth-order valence-electron chi connectivity index (χ4n) is 3.71. The molecule has 0 saturated heterocycles. The number of amides is 1. The lowest BCUT2D eigenvalue weighted by atomic mass is 10.1. The molecular weight excluding hydrogens is 418 g/mol. The third-order valence-electron chi connectivity index (χ3n) is 5.03. The van der Waals surface area contributed by atoms with Crippen LogP contribution in [0.25, 0.3) is 22.0 Å². The van der Waals surface area contributed by atoms with E-state index in [1.54, 1.807) is 41.7 Å². The van der Waals surface area contributed by atoms with E-state index in [0.29, 0.717) is 16.8 Å². The summed E-state index contributed by atoms with van der Waals surface area (Å²) in [5.41, 5.74) is 2.86. The number of carbonyl (C=O) groups excluding carboxylic acids is 1. The van der Waals surface area contributed by atoms with Crippen molar-refractivity contribution in [3.8, 4) is 11.3 Å². The highest BCUT2D eigenvalue weighted by Gasteiger charge is 2.36. The molecule has 0 radical (unpaired) electrons. The molecule has 2 heterocycles. The van der Waals surface area contributed by atoms with Gasteiger partial charge in [0.15, 0.2) is 0 Å². The topological polar surface area (TPSA) is 79.4 Å². The lowest BCUT2D eigenvalue weighted by Crippen LogP contribution is -2.35. The van der Waals surface area contributed by atoms with Gasteiger partial charge < -0.3 is 5.32 Å². The monoisotopic (exact) mass is 435 g/mol. The molecule has 1 aromatic heterocycles. The number of nitrogens with zero attached hydrogens (tertiary/aromatic N) is 2. The second-order valence-electron chi connectivity index (χ2n) is 7.02. The molecule has 6 nitrogen and oxygen atoms in total. The molecule has 0 bridgehead atoms. The minimum atomic E-state index is -3.77. The van der Waals surface area contributed by atoms with E-state index in [1.165, 1.54) is 4.31 Å². The normalized spacial score (nSPS) is 14.2. The second-order valence-corrected chi connectivity index (χ2v) is 9.92. The molecule has 5 rings (SSSR count). The van der Waals surface area contributed by atoms with Crippen LogP contribution >= 0.6 is 11.3 Å². The number of aromatic nitrogens is 1. The minimum absolute atomic E-state index is 0.240. The summed E-state index contributed by atoms with van der Waals surface area (Å²) in [5.74, 6) is -0.407. The number of nitrogens with one attached hydrogen (secondary N) is 1. The molecular formula is C22H17N3O3S2. The molecule has 150 valence electrons. The van der Waals surface area contributed by atoms with Gasteiger partial charge in [0.1, 0.15) is 6.54 Å². The Kier molecular flexibility index (Phi) is 4.34. The summed E-state index contributed by atoms with van der Waals surface area (Å²) in [4.78, 5) is 17.5.